The van der Waals surface area contributed by atoms with Gasteiger partial charge in [-0.1, -0.05) is 17.9 Å². The van der Waals surface area contributed by atoms with Crippen LogP contribution in [0.15, 0.2) is 36.7 Å². The van der Waals surface area contributed by atoms with Crippen LogP contribution in [0.25, 0.3) is 0 Å². The molecule has 0 saturated carbocycles. The minimum atomic E-state index is -0.597. The quantitative estimate of drug-likeness (QED) is 0.830. The van der Waals surface area contributed by atoms with Gasteiger partial charge >= 0.3 is 0 Å². The molecule has 106 valence electrons. The van der Waals surface area contributed by atoms with Crippen molar-refractivity contribution in [1.29, 1.82) is 0 Å². The number of aliphatic hydroxyl groups excluding tert-OH is 1. The van der Waals surface area contributed by atoms with Gasteiger partial charge in [-0.2, -0.15) is 0 Å². The molecular formula is C16H13FN2O2. The zero-order valence-electron chi connectivity index (χ0n) is 11.4. The molecule has 0 unspecified atom stereocenters. The van der Waals surface area contributed by atoms with Crippen molar-refractivity contribution >= 4 is 11.6 Å². The maximum Gasteiger partial charge on any atom is 0.256 e. The van der Waals surface area contributed by atoms with Gasteiger partial charge in [0, 0.05) is 17.3 Å². The van der Waals surface area contributed by atoms with Crippen molar-refractivity contribution in [2.24, 2.45) is 0 Å². The molecule has 21 heavy (non-hydrogen) atoms. The summed E-state index contributed by atoms with van der Waals surface area (Å²) in [4.78, 5) is 15.8. The number of benzene rings is 1. The molecule has 1 aromatic heterocycles. The Morgan fingerprint density at radius 2 is 2.24 bits per heavy atom. The number of hydrogen-bond donors (Lipinski definition) is 2. The molecule has 0 aliphatic carbocycles. The largest absolute Gasteiger partial charge is 0.384 e. The third-order valence-corrected chi connectivity index (χ3v) is 2.90. The Morgan fingerprint density at radius 3 is 2.95 bits per heavy atom. The number of rotatable bonds is 2. The number of aromatic nitrogens is 1. The lowest BCUT2D eigenvalue weighted by Gasteiger charge is -2.09. The molecule has 2 N–H and O–H groups in total. The summed E-state index contributed by atoms with van der Waals surface area (Å²) in [7, 11) is 0. The fourth-order valence-electron chi connectivity index (χ4n) is 1.82. The number of nitrogens with one attached hydrogen (secondary N) is 1. The van der Waals surface area contributed by atoms with Crippen molar-refractivity contribution in [1.82, 2.24) is 4.98 Å². The van der Waals surface area contributed by atoms with Gasteiger partial charge in [0.05, 0.1) is 11.9 Å². The number of amides is 1. The van der Waals surface area contributed by atoms with Crippen LogP contribution in [0.5, 0.6) is 0 Å². The van der Waals surface area contributed by atoms with E-state index in [0.29, 0.717) is 16.7 Å². The van der Waals surface area contributed by atoms with E-state index in [1.165, 1.54) is 12.3 Å². The summed E-state index contributed by atoms with van der Waals surface area (Å²) in [5.74, 6) is 4.28. The molecule has 4 nitrogen and oxygen atoms in total. The Balaban J connectivity index is 2.30. The Morgan fingerprint density at radius 1 is 1.43 bits per heavy atom. The van der Waals surface area contributed by atoms with Crippen LogP contribution in [0.1, 0.15) is 21.5 Å². The Bertz CT molecular complexity index is 733. The Hall–Kier alpha value is -2.71. The van der Waals surface area contributed by atoms with E-state index in [2.05, 4.69) is 22.1 Å². The van der Waals surface area contributed by atoms with Crippen molar-refractivity contribution in [3.05, 3.63) is 59.2 Å². The van der Waals surface area contributed by atoms with Crippen molar-refractivity contribution < 1.29 is 14.3 Å². The van der Waals surface area contributed by atoms with E-state index in [-0.39, 0.29) is 12.3 Å². The second-order valence-electron chi connectivity index (χ2n) is 4.25. The molecule has 2 rings (SSSR count). The van der Waals surface area contributed by atoms with Crippen LogP contribution in [0, 0.1) is 24.6 Å². The highest BCUT2D eigenvalue weighted by Gasteiger charge is 2.13. The first-order chi connectivity index (χ1) is 10.1. The highest BCUT2D eigenvalue weighted by atomic mass is 19.1. The summed E-state index contributed by atoms with van der Waals surface area (Å²) in [6.45, 7) is 1.50. The highest BCUT2D eigenvalue weighted by molar-refractivity contribution is 6.05. The average Bonchev–Trinajstić information content (AvgIpc) is 2.48. The van der Waals surface area contributed by atoms with Crippen molar-refractivity contribution in [2.75, 3.05) is 11.9 Å². The topological polar surface area (TPSA) is 62.2 Å². The summed E-state index contributed by atoms with van der Waals surface area (Å²) < 4.78 is 13.5. The average molecular weight is 284 g/mol. The van der Waals surface area contributed by atoms with Crippen molar-refractivity contribution in [2.45, 2.75) is 6.92 Å². The van der Waals surface area contributed by atoms with Crippen molar-refractivity contribution in [3.8, 4) is 11.8 Å². The lowest BCUT2D eigenvalue weighted by Crippen LogP contribution is -2.15. The molecule has 0 aliphatic rings. The molecule has 1 heterocycles. The molecule has 5 heteroatoms. The fourth-order valence-corrected chi connectivity index (χ4v) is 1.82. The molecule has 1 amide bonds. The van der Waals surface area contributed by atoms with Gasteiger partial charge in [-0.3, -0.25) is 9.78 Å². The lowest BCUT2D eigenvalue weighted by atomic mass is 10.0. The normalized spacial score (nSPS) is 9.67. The zero-order valence-corrected chi connectivity index (χ0v) is 11.4. The van der Waals surface area contributed by atoms with Crippen LogP contribution in [0.3, 0.4) is 0 Å². The van der Waals surface area contributed by atoms with E-state index in [4.69, 9.17) is 5.11 Å². The number of carbonyl (C=O) groups excluding carboxylic acids is 1. The molecule has 0 saturated heterocycles. The van der Waals surface area contributed by atoms with Crippen LogP contribution >= 0.6 is 0 Å². The van der Waals surface area contributed by atoms with E-state index >= 15 is 0 Å². The molecule has 0 fully saturated rings. The third-order valence-electron chi connectivity index (χ3n) is 2.90. The summed E-state index contributed by atoms with van der Waals surface area (Å²) >= 11 is 0. The molecule has 0 atom stereocenters. The first-order valence-corrected chi connectivity index (χ1v) is 6.23. The predicted molar refractivity (Wildman–Crippen MR) is 77.3 cm³/mol. The number of hydrogen-bond acceptors (Lipinski definition) is 3. The number of carbonyl (C=O) groups is 1. The van der Waals surface area contributed by atoms with Crippen LogP contribution < -0.4 is 5.32 Å². The summed E-state index contributed by atoms with van der Waals surface area (Å²) in [5, 5.41) is 11.2. The minimum Gasteiger partial charge on any atom is -0.384 e. The van der Waals surface area contributed by atoms with Gasteiger partial charge in [-0.25, -0.2) is 4.39 Å². The maximum absolute atomic E-state index is 13.5. The lowest BCUT2D eigenvalue weighted by molar-refractivity contribution is 0.102. The van der Waals surface area contributed by atoms with Gasteiger partial charge < -0.3 is 10.4 Å². The van der Waals surface area contributed by atoms with Gasteiger partial charge in [-0.05, 0) is 30.7 Å². The second kappa shape index (κ2) is 6.64. The van der Waals surface area contributed by atoms with E-state index in [1.54, 1.807) is 25.1 Å². The van der Waals surface area contributed by atoms with E-state index in [0.717, 1.165) is 6.20 Å². The molecular weight excluding hydrogens is 271 g/mol. The molecule has 0 bridgehead atoms. The summed E-state index contributed by atoms with van der Waals surface area (Å²) in [6.07, 6.45) is 2.43. The predicted octanol–water partition coefficient (Wildman–Crippen LogP) is 2.13. The highest BCUT2D eigenvalue weighted by Crippen LogP contribution is 2.17. The van der Waals surface area contributed by atoms with E-state index < -0.39 is 11.7 Å². The van der Waals surface area contributed by atoms with E-state index in [9.17, 15) is 9.18 Å². The molecule has 0 aliphatic heterocycles. The van der Waals surface area contributed by atoms with Crippen LogP contribution in [-0.2, 0) is 0 Å². The zero-order chi connectivity index (χ0) is 15.2. The number of anilines is 1. The van der Waals surface area contributed by atoms with Gasteiger partial charge in [-0.15, -0.1) is 0 Å². The van der Waals surface area contributed by atoms with Gasteiger partial charge in [0.15, 0.2) is 5.82 Å². The SMILES string of the molecule is Cc1c(C#CCO)cccc1C(=O)Nc1ccncc1F. The fraction of sp³-hybridized carbons (Fsp3) is 0.125. The number of nitrogens with zero attached hydrogens (tertiary/aromatic N) is 1. The first kappa shape index (κ1) is 14.7. The van der Waals surface area contributed by atoms with Crippen LogP contribution in [-0.4, -0.2) is 22.6 Å². The van der Waals surface area contributed by atoms with Crippen molar-refractivity contribution in [3.63, 3.8) is 0 Å². The maximum atomic E-state index is 13.5. The van der Waals surface area contributed by atoms with E-state index in [1.807, 2.05) is 0 Å². The van der Waals surface area contributed by atoms with Gasteiger partial charge in [0.25, 0.3) is 5.91 Å². The van der Waals surface area contributed by atoms with Crippen LogP contribution in [0.4, 0.5) is 10.1 Å². The number of halogens is 1. The second-order valence-corrected chi connectivity index (χ2v) is 4.25. The Kier molecular flexibility index (Phi) is 4.64. The standard InChI is InChI=1S/C16H13FN2O2/c1-11-12(5-3-9-20)4-2-6-13(11)16(21)19-15-7-8-18-10-14(15)17/h2,4,6-8,10,20H,9H2,1H3,(H,18,19,21). The number of aliphatic hydroxyl groups is 1. The van der Waals surface area contributed by atoms with Gasteiger partial charge in [0.1, 0.15) is 6.61 Å². The molecule has 2 aromatic rings. The van der Waals surface area contributed by atoms with Gasteiger partial charge in [0.2, 0.25) is 0 Å². The number of pyridine rings is 1. The third kappa shape index (κ3) is 3.44. The molecule has 1 aromatic carbocycles. The Labute approximate surface area is 121 Å². The summed E-state index contributed by atoms with van der Waals surface area (Å²) in [5.41, 5.74) is 1.79. The van der Waals surface area contributed by atoms with Crippen LogP contribution in [0.2, 0.25) is 0 Å². The minimum absolute atomic E-state index is 0.0706. The monoisotopic (exact) mass is 284 g/mol. The molecule has 0 spiro atoms. The molecule has 0 radical (unpaired) electrons. The first-order valence-electron chi connectivity index (χ1n) is 6.23. The smallest absolute Gasteiger partial charge is 0.256 e. The summed E-state index contributed by atoms with van der Waals surface area (Å²) in [6, 6.07) is 6.46.